The van der Waals surface area contributed by atoms with E-state index in [4.69, 9.17) is 5.11 Å². The molecule has 2 N–H and O–H groups in total. The molecule has 4 nitrogen and oxygen atoms in total. The van der Waals surface area contributed by atoms with E-state index in [1.54, 1.807) is 0 Å². The van der Waals surface area contributed by atoms with Crippen LogP contribution in [-0.2, 0) is 9.59 Å². The van der Waals surface area contributed by atoms with Gasteiger partial charge in [-0.1, -0.05) is 0 Å². The maximum Gasteiger partial charge on any atom is 0.471 e. The standard InChI is InChI=1S/C7H6F5NO3/c8-6(9)2(3(6)4(14)15)1-13-5(16)7(10,11)12/h2-3H,1H2,(H,13,16)(H,14,15)/t2-,3-/m0/s1. The maximum atomic E-state index is 12.6. The fraction of sp³-hybridized carbons (Fsp3) is 0.714. The van der Waals surface area contributed by atoms with Gasteiger partial charge in [-0.3, -0.25) is 9.59 Å². The second-order valence-corrected chi connectivity index (χ2v) is 3.30. The summed E-state index contributed by atoms with van der Waals surface area (Å²) in [6.45, 7) is -1.01. The molecule has 0 aromatic rings. The fourth-order valence-electron chi connectivity index (χ4n) is 1.28. The number of alkyl halides is 5. The Hall–Kier alpha value is -1.41. The summed E-state index contributed by atoms with van der Waals surface area (Å²) in [5.41, 5.74) is 0. The van der Waals surface area contributed by atoms with E-state index in [0.717, 1.165) is 0 Å². The van der Waals surface area contributed by atoms with Gasteiger partial charge in [0.15, 0.2) is 0 Å². The molecule has 92 valence electrons. The minimum atomic E-state index is -5.16. The molecule has 1 fully saturated rings. The lowest BCUT2D eigenvalue weighted by Crippen LogP contribution is -2.38. The number of amides is 1. The van der Waals surface area contributed by atoms with Gasteiger partial charge in [0.2, 0.25) is 0 Å². The third-order valence-corrected chi connectivity index (χ3v) is 2.21. The van der Waals surface area contributed by atoms with Crippen molar-refractivity contribution in [2.75, 3.05) is 6.54 Å². The van der Waals surface area contributed by atoms with Crippen LogP contribution in [0.5, 0.6) is 0 Å². The van der Waals surface area contributed by atoms with E-state index in [-0.39, 0.29) is 0 Å². The maximum absolute atomic E-state index is 12.6. The molecular weight excluding hydrogens is 241 g/mol. The van der Waals surface area contributed by atoms with Crippen LogP contribution in [0.2, 0.25) is 0 Å². The number of aliphatic carboxylic acids is 1. The number of hydrogen-bond acceptors (Lipinski definition) is 2. The average molecular weight is 247 g/mol. The smallest absolute Gasteiger partial charge is 0.471 e. The zero-order valence-electron chi connectivity index (χ0n) is 7.52. The van der Waals surface area contributed by atoms with Crippen molar-refractivity contribution in [1.82, 2.24) is 5.32 Å². The van der Waals surface area contributed by atoms with Gasteiger partial charge in [-0.15, -0.1) is 0 Å². The molecule has 9 heteroatoms. The number of halogens is 5. The van der Waals surface area contributed by atoms with Crippen molar-refractivity contribution in [2.45, 2.75) is 12.1 Å². The molecule has 1 rings (SSSR count). The average Bonchev–Trinajstić information content (AvgIpc) is 2.62. The first kappa shape index (κ1) is 12.7. The zero-order chi connectivity index (χ0) is 12.7. The quantitative estimate of drug-likeness (QED) is 0.719. The second kappa shape index (κ2) is 3.56. The Morgan fingerprint density at radius 2 is 1.81 bits per heavy atom. The number of carboxylic acid groups (broad SMARTS) is 1. The van der Waals surface area contributed by atoms with Gasteiger partial charge >= 0.3 is 18.1 Å². The SMILES string of the molecule is O=C(O)[C@@H]1[C@H](CNC(=O)C(F)(F)F)C1(F)F. The van der Waals surface area contributed by atoms with E-state index in [1.165, 1.54) is 5.32 Å². The third-order valence-electron chi connectivity index (χ3n) is 2.21. The topological polar surface area (TPSA) is 66.4 Å². The minimum Gasteiger partial charge on any atom is -0.481 e. The van der Waals surface area contributed by atoms with E-state index < -0.39 is 42.4 Å². The van der Waals surface area contributed by atoms with Crippen LogP contribution in [0.1, 0.15) is 0 Å². The summed E-state index contributed by atoms with van der Waals surface area (Å²) in [4.78, 5) is 20.5. The summed E-state index contributed by atoms with van der Waals surface area (Å²) in [5, 5.41) is 9.49. The number of hydrogen-bond donors (Lipinski definition) is 2. The van der Waals surface area contributed by atoms with Crippen molar-refractivity contribution in [2.24, 2.45) is 11.8 Å². The molecule has 0 aromatic carbocycles. The molecule has 0 unspecified atom stereocenters. The normalized spacial score (nSPS) is 27.3. The molecule has 1 amide bonds. The Balaban J connectivity index is 2.48. The van der Waals surface area contributed by atoms with Crippen LogP contribution in [0, 0.1) is 11.8 Å². The fourth-order valence-corrected chi connectivity index (χ4v) is 1.28. The molecule has 1 saturated carbocycles. The summed E-state index contributed by atoms with van der Waals surface area (Å²) in [6, 6.07) is 0. The summed E-state index contributed by atoms with van der Waals surface area (Å²) in [7, 11) is 0. The summed E-state index contributed by atoms with van der Waals surface area (Å²) in [6.07, 6.45) is -5.16. The molecule has 0 heterocycles. The number of carbonyl (C=O) groups excluding carboxylic acids is 1. The van der Waals surface area contributed by atoms with E-state index >= 15 is 0 Å². The van der Waals surface area contributed by atoms with Crippen LogP contribution in [0.3, 0.4) is 0 Å². The Kier molecular flexibility index (Phi) is 2.82. The van der Waals surface area contributed by atoms with Gasteiger partial charge in [-0.05, 0) is 0 Å². The van der Waals surface area contributed by atoms with Crippen LogP contribution in [-0.4, -0.2) is 35.6 Å². The highest BCUT2D eigenvalue weighted by Gasteiger charge is 2.72. The van der Waals surface area contributed by atoms with Crippen molar-refractivity contribution in [1.29, 1.82) is 0 Å². The number of carboxylic acids is 1. The Bertz CT molecular complexity index is 326. The van der Waals surface area contributed by atoms with Crippen LogP contribution in [0.15, 0.2) is 0 Å². The first-order valence-corrected chi connectivity index (χ1v) is 4.04. The van der Waals surface area contributed by atoms with Crippen molar-refractivity contribution < 1.29 is 36.6 Å². The highest BCUT2D eigenvalue weighted by Crippen LogP contribution is 2.54. The lowest BCUT2D eigenvalue weighted by atomic mass is 10.3. The van der Waals surface area contributed by atoms with Crippen molar-refractivity contribution >= 4 is 11.9 Å². The molecule has 0 radical (unpaired) electrons. The summed E-state index contributed by atoms with van der Waals surface area (Å²) in [5.74, 6) is -11.5. The molecule has 2 atom stereocenters. The van der Waals surface area contributed by atoms with E-state index in [9.17, 15) is 31.5 Å². The predicted molar refractivity (Wildman–Crippen MR) is 38.6 cm³/mol. The minimum absolute atomic E-state index is 1.01. The lowest BCUT2D eigenvalue weighted by molar-refractivity contribution is -0.173. The van der Waals surface area contributed by atoms with Crippen LogP contribution in [0.25, 0.3) is 0 Å². The molecular formula is C7H6F5NO3. The van der Waals surface area contributed by atoms with Crippen molar-refractivity contribution in [3.63, 3.8) is 0 Å². The molecule has 16 heavy (non-hydrogen) atoms. The molecule has 0 saturated heterocycles. The Morgan fingerprint density at radius 1 is 1.31 bits per heavy atom. The van der Waals surface area contributed by atoms with E-state index in [0.29, 0.717) is 0 Å². The second-order valence-electron chi connectivity index (χ2n) is 3.30. The van der Waals surface area contributed by atoms with Crippen LogP contribution >= 0.6 is 0 Å². The van der Waals surface area contributed by atoms with E-state index in [2.05, 4.69) is 0 Å². The van der Waals surface area contributed by atoms with Crippen LogP contribution in [0.4, 0.5) is 22.0 Å². The van der Waals surface area contributed by atoms with Gasteiger partial charge in [0.05, 0.1) is 5.92 Å². The number of rotatable bonds is 3. The monoisotopic (exact) mass is 247 g/mol. The number of carbonyl (C=O) groups is 2. The molecule has 0 aliphatic heterocycles. The number of nitrogens with one attached hydrogen (secondary N) is 1. The first-order chi connectivity index (χ1) is 7.08. The van der Waals surface area contributed by atoms with Crippen LogP contribution < -0.4 is 5.32 Å². The Morgan fingerprint density at radius 3 is 2.12 bits per heavy atom. The predicted octanol–water partition coefficient (Wildman–Crippen LogP) is 0.631. The van der Waals surface area contributed by atoms with Gasteiger partial charge < -0.3 is 10.4 Å². The molecule has 1 aliphatic rings. The molecule has 0 bridgehead atoms. The van der Waals surface area contributed by atoms with Gasteiger partial charge in [0.1, 0.15) is 5.92 Å². The Labute approximate surface area is 85.4 Å². The molecule has 1 aliphatic carbocycles. The van der Waals surface area contributed by atoms with Gasteiger partial charge in [-0.25, -0.2) is 8.78 Å². The van der Waals surface area contributed by atoms with Gasteiger partial charge in [-0.2, -0.15) is 13.2 Å². The van der Waals surface area contributed by atoms with Gasteiger partial charge in [0, 0.05) is 6.54 Å². The lowest BCUT2D eigenvalue weighted by Gasteiger charge is -2.06. The van der Waals surface area contributed by atoms with Crippen molar-refractivity contribution in [3.8, 4) is 0 Å². The molecule has 0 aromatic heterocycles. The van der Waals surface area contributed by atoms with Gasteiger partial charge in [0.25, 0.3) is 5.92 Å². The largest absolute Gasteiger partial charge is 0.481 e. The summed E-state index contributed by atoms with van der Waals surface area (Å²) >= 11 is 0. The van der Waals surface area contributed by atoms with Crippen molar-refractivity contribution in [3.05, 3.63) is 0 Å². The first-order valence-electron chi connectivity index (χ1n) is 4.04. The highest BCUT2D eigenvalue weighted by molar-refractivity contribution is 5.82. The zero-order valence-corrected chi connectivity index (χ0v) is 7.52. The highest BCUT2D eigenvalue weighted by atomic mass is 19.4. The van der Waals surface area contributed by atoms with E-state index in [1.807, 2.05) is 0 Å². The summed E-state index contributed by atoms with van der Waals surface area (Å²) < 4.78 is 60.2. The molecule has 0 spiro atoms. The third kappa shape index (κ3) is 2.22.